The first kappa shape index (κ1) is 11.7. The van der Waals surface area contributed by atoms with Gasteiger partial charge in [-0.3, -0.25) is 0 Å². The Kier molecular flexibility index (Phi) is 3.19. The molecule has 17 heavy (non-hydrogen) atoms. The zero-order valence-corrected chi connectivity index (χ0v) is 9.10. The molecule has 6 heteroatoms. The highest BCUT2D eigenvalue weighted by molar-refractivity contribution is 6.33. The Morgan fingerprint density at radius 2 is 1.88 bits per heavy atom. The van der Waals surface area contributed by atoms with Crippen molar-refractivity contribution < 1.29 is 13.2 Å². The third kappa shape index (κ3) is 2.68. The van der Waals surface area contributed by atoms with E-state index in [1.54, 1.807) is 0 Å². The SMILES string of the molecule is Fc1cc(F)c(Nc2cccc(F)n2)c(Cl)c1. The molecule has 0 bridgehead atoms. The standard InChI is InChI=1S/C11H6ClF3N2/c12-7-4-6(13)5-8(14)11(7)17-10-3-1-2-9(15)16-10/h1-5H,(H,16,17). The van der Waals surface area contributed by atoms with Crippen LogP contribution in [0, 0.1) is 17.6 Å². The maximum Gasteiger partial charge on any atom is 0.214 e. The molecule has 0 fully saturated rings. The first-order valence-electron chi connectivity index (χ1n) is 4.60. The molecule has 0 radical (unpaired) electrons. The number of aromatic nitrogens is 1. The van der Waals surface area contributed by atoms with Gasteiger partial charge in [-0.05, 0) is 18.2 Å². The van der Waals surface area contributed by atoms with Gasteiger partial charge in [0.15, 0.2) is 5.82 Å². The van der Waals surface area contributed by atoms with E-state index in [1.807, 2.05) is 0 Å². The van der Waals surface area contributed by atoms with Crippen LogP contribution < -0.4 is 5.32 Å². The average molecular weight is 259 g/mol. The van der Waals surface area contributed by atoms with Gasteiger partial charge in [-0.2, -0.15) is 4.39 Å². The van der Waals surface area contributed by atoms with Crippen molar-refractivity contribution in [1.29, 1.82) is 0 Å². The molecule has 0 aliphatic rings. The van der Waals surface area contributed by atoms with Crippen molar-refractivity contribution in [3.63, 3.8) is 0 Å². The summed E-state index contributed by atoms with van der Waals surface area (Å²) < 4.78 is 39.0. The molecular formula is C11H6ClF3N2. The average Bonchev–Trinajstić information content (AvgIpc) is 2.23. The predicted molar refractivity (Wildman–Crippen MR) is 58.8 cm³/mol. The molecule has 0 saturated carbocycles. The van der Waals surface area contributed by atoms with Gasteiger partial charge in [0.25, 0.3) is 0 Å². The Labute approximate surface area is 100 Å². The Morgan fingerprint density at radius 3 is 2.53 bits per heavy atom. The van der Waals surface area contributed by atoms with Gasteiger partial charge in [-0.1, -0.05) is 17.7 Å². The van der Waals surface area contributed by atoms with Gasteiger partial charge in [0.2, 0.25) is 5.95 Å². The molecule has 1 N–H and O–H groups in total. The molecule has 0 atom stereocenters. The minimum atomic E-state index is -0.874. The lowest BCUT2D eigenvalue weighted by molar-refractivity contribution is 0.582. The van der Waals surface area contributed by atoms with Crippen LogP contribution in [0.3, 0.4) is 0 Å². The highest BCUT2D eigenvalue weighted by atomic mass is 35.5. The number of hydrogen-bond donors (Lipinski definition) is 1. The zero-order valence-electron chi connectivity index (χ0n) is 8.35. The number of halogens is 4. The topological polar surface area (TPSA) is 24.9 Å². The summed E-state index contributed by atoms with van der Waals surface area (Å²) in [6, 6.07) is 5.61. The van der Waals surface area contributed by atoms with Crippen LogP contribution in [-0.4, -0.2) is 4.98 Å². The maximum atomic E-state index is 13.4. The van der Waals surface area contributed by atoms with Crippen molar-refractivity contribution in [3.05, 3.63) is 52.9 Å². The van der Waals surface area contributed by atoms with E-state index in [4.69, 9.17) is 11.6 Å². The molecule has 0 unspecified atom stereocenters. The second-order valence-electron chi connectivity index (χ2n) is 3.21. The van der Waals surface area contributed by atoms with Gasteiger partial charge in [-0.25, -0.2) is 13.8 Å². The van der Waals surface area contributed by atoms with Crippen LogP contribution in [0.2, 0.25) is 5.02 Å². The molecule has 1 aromatic heterocycles. The number of nitrogens with one attached hydrogen (secondary N) is 1. The van der Waals surface area contributed by atoms with Crippen molar-refractivity contribution in [2.75, 3.05) is 5.32 Å². The number of anilines is 2. The number of hydrogen-bond acceptors (Lipinski definition) is 2. The molecule has 1 heterocycles. The van der Waals surface area contributed by atoms with E-state index in [2.05, 4.69) is 10.3 Å². The van der Waals surface area contributed by atoms with Crippen LogP contribution in [0.25, 0.3) is 0 Å². The number of nitrogens with zero attached hydrogens (tertiary/aromatic N) is 1. The summed E-state index contributed by atoms with van der Waals surface area (Å²) in [7, 11) is 0. The van der Waals surface area contributed by atoms with Crippen molar-refractivity contribution in [2.45, 2.75) is 0 Å². The third-order valence-corrected chi connectivity index (χ3v) is 2.27. The number of benzene rings is 1. The lowest BCUT2D eigenvalue weighted by Gasteiger charge is -2.08. The van der Waals surface area contributed by atoms with Crippen LogP contribution in [-0.2, 0) is 0 Å². The van der Waals surface area contributed by atoms with Crippen LogP contribution in [0.1, 0.15) is 0 Å². The second-order valence-corrected chi connectivity index (χ2v) is 3.62. The predicted octanol–water partition coefficient (Wildman–Crippen LogP) is 3.90. The molecule has 88 valence electrons. The quantitative estimate of drug-likeness (QED) is 0.827. The second kappa shape index (κ2) is 4.63. The van der Waals surface area contributed by atoms with E-state index in [0.717, 1.165) is 12.1 Å². The molecule has 0 spiro atoms. The largest absolute Gasteiger partial charge is 0.337 e. The van der Waals surface area contributed by atoms with Crippen molar-refractivity contribution >= 4 is 23.1 Å². The Morgan fingerprint density at radius 1 is 1.12 bits per heavy atom. The highest BCUT2D eigenvalue weighted by Gasteiger charge is 2.10. The summed E-state index contributed by atoms with van der Waals surface area (Å²) in [5.74, 6) is -2.29. The fourth-order valence-corrected chi connectivity index (χ4v) is 1.51. The van der Waals surface area contributed by atoms with Crippen LogP contribution in [0.4, 0.5) is 24.7 Å². The van der Waals surface area contributed by atoms with Crippen molar-refractivity contribution in [1.82, 2.24) is 4.98 Å². The van der Waals surface area contributed by atoms with E-state index < -0.39 is 17.6 Å². The fraction of sp³-hybridized carbons (Fsp3) is 0. The third-order valence-electron chi connectivity index (χ3n) is 1.98. The Bertz CT molecular complexity index is 537. The van der Waals surface area contributed by atoms with Crippen molar-refractivity contribution in [3.8, 4) is 0 Å². The molecule has 2 nitrogen and oxygen atoms in total. The fourth-order valence-electron chi connectivity index (χ4n) is 1.27. The summed E-state index contributed by atoms with van der Waals surface area (Å²) in [6.07, 6.45) is 0. The summed E-state index contributed by atoms with van der Waals surface area (Å²) in [4.78, 5) is 3.48. The minimum absolute atomic E-state index is 0.0809. The monoisotopic (exact) mass is 258 g/mol. The molecule has 0 aliphatic heterocycles. The van der Waals surface area contributed by atoms with E-state index in [9.17, 15) is 13.2 Å². The van der Waals surface area contributed by atoms with Gasteiger partial charge < -0.3 is 5.32 Å². The molecule has 1 aromatic carbocycles. The van der Waals surface area contributed by atoms with E-state index >= 15 is 0 Å². The molecule has 0 amide bonds. The van der Waals surface area contributed by atoms with Crippen molar-refractivity contribution in [2.24, 2.45) is 0 Å². The van der Waals surface area contributed by atoms with Crippen LogP contribution in [0.5, 0.6) is 0 Å². The lowest BCUT2D eigenvalue weighted by atomic mass is 10.3. The van der Waals surface area contributed by atoms with Gasteiger partial charge in [-0.15, -0.1) is 0 Å². The Balaban J connectivity index is 2.36. The number of pyridine rings is 1. The first-order chi connectivity index (χ1) is 8.06. The summed E-state index contributed by atoms with van der Waals surface area (Å²) in [5.41, 5.74) is -0.147. The van der Waals surface area contributed by atoms with Crippen LogP contribution >= 0.6 is 11.6 Å². The molecule has 2 aromatic rings. The minimum Gasteiger partial charge on any atom is -0.337 e. The first-order valence-corrected chi connectivity index (χ1v) is 4.98. The Hall–Kier alpha value is -1.75. The summed E-state index contributed by atoms with van der Waals surface area (Å²) in [5, 5.41) is 2.34. The summed E-state index contributed by atoms with van der Waals surface area (Å²) in [6.45, 7) is 0. The normalized spacial score (nSPS) is 10.4. The molecular weight excluding hydrogens is 253 g/mol. The van der Waals surface area contributed by atoms with E-state index in [-0.39, 0.29) is 16.5 Å². The van der Waals surface area contributed by atoms with Gasteiger partial charge in [0.1, 0.15) is 11.6 Å². The molecule has 2 rings (SSSR count). The van der Waals surface area contributed by atoms with Gasteiger partial charge >= 0.3 is 0 Å². The zero-order chi connectivity index (χ0) is 12.4. The molecule has 0 saturated heterocycles. The van der Waals surface area contributed by atoms with E-state index in [1.165, 1.54) is 12.1 Å². The summed E-state index contributed by atoms with van der Waals surface area (Å²) >= 11 is 5.66. The van der Waals surface area contributed by atoms with Gasteiger partial charge in [0, 0.05) is 6.07 Å². The lowest BCUT2D eigenvalue weighted by Crippen LogP contribution is -1.99. The number of rotatable bonds is 2. The maximum absolute atomic E-state index is 13.4. The van der Waals surface area contributed by atoms with Crippen LogP contribution in [0.15, 0.2) is 30.3 Å². The highest BCUT2D eigenvalue weighted by Crippen LogP contribution is 2.28. The van der Waals surface area contributed by atoms with E-state index in [0.29, 0.717) is 6.07 Å². The molecule has 0 aliphatic carbocycles. The van der Waals surface area contributed by atoms with Gasteiger partial charge in [0.05, 0.1) is 10.7 Å². The smallest absolute Gasteiger partial charge is 0.214 e.